The van der Waals surface area contributed by atoms with Crippen LogP contribution in [0.3, 0.4) is 0 Å². The fourth-order valence-corrected chi connectivity index (χ4v) is 1.49. The van der Waals surface area contributed by atoms with Gasteiger partial charge in [0, 0.05) is 13.2 Å². The number of allylic oxidation sites excluding steroid dienone is 3. The Morgan fingerprint density at radius 3 is 2.62 bits per heavy atom. The monoisotopic (exact) mass is 178 g/mol. The van der Waals surface area contributed by atoms with Crippen molar-refractivity contribution in [3.05, 3.63) is 23.4 Å². The van der Waals surface area contributed by atoms with Crippen LogP contribution in [-0.2, 0) is 0 Å². The van der Waals surface area contributed by atoms with Gasteiger partial charge in [-0.15, -0.1) is 0 Å². The first-order chi connectivity index (χ1) is 6.22. The van der Waals surface area contributed by atoms with Crippen LogP contribution >= 0.6 is 0 Å². The van der Waals surface area contributed by atoms with E-state index in [1.807, 2.05) is 12.1 Å². The van der Waals surface area contributed by atoms with Crippen LogP contribution in [-0.4, -0.2) is 17.3 Å². The summed E-state index contributed by atoms with van der Waals surface area (Å²) in [6.45, 7) is 0. The topological polar surface area (TPSA) is 47.3 Å². The summed E-state index contributed by atoms with van der Waals surface area (Å²) in [5, 5.41) is 18.5. The second-order valence-corrected chi connectivity index (χ2v) is 3.28. The standard InChI is InChI=1S/C10H14N2O/c1-12(13)8-10(7-11)6-9-4-2-3-5-9/h6,8,13H,2-5H2,1H3/b10-8+. The van der Waals surface area contributed by atoms with Gasteiger partial charge >= 0.3 is 0 Å². The van der Waals surface area contributed by atoms with E-state index in [0.29, 0.717) is 5.57 Å². The first-order valence-corrected chi connectivity index (χ1v) is 4.45. The molecule has 0 aromatic heterocycles. The van der Waals surface area contributed by atoms with E-state index < -0.39 is 0 Å². The minimum atomic E-state index is 0.516. The molecule has 70 valence electrons. The minimum absolute atomic E-state index is 0.516. The van der Waals surface area contributed by atoms with Crippen LogP contribution < -0.4 is 0 Å². The highest BCUT2D eigenvalue weighted by atomic mass is 16.5. The summed E-state index contributed by atoms with van der Waals surface area (Å²) >= 11 is 0. The van der Waals surface area contributed by atoms with Gasteiger partial charge < -0.3 is 0 Å². The molecule has 0 aromatic rings. The number of nitrogens with zero attached hydrogens (tertiary/aromatic N) is 2. The molecular formula is C10H14N2O. The lowest BCUT2D eigenvalue weighted by atomic mass is 10.1. The SMILES string of the molecule is CN(O)/C=C(/C#N)C=C1CCCC1. The highest BCUT2D eigenvalue weighted by Gasteiger charge is 2.06. The maximum atomic E-state index is 8.90. The van der Waals surface area contributed by atoms with E-state index in [-0.39, 0.29) is 0 Å². The van der Waals surface area contributed by atoms with E-state index in [0.717, 1.165) is 17.9 Å². The Bertz CT molecular complexity index is 263. The van der Waals surface area contributed by atoms with Crippen LogP contribution in [0, 0.1) is 11.3 Å². The van der Waals surface area contributed by atoms with E-state index in [1.165, 1.54) is 31.7 Å². The lowest BCUT2D eigenvalue weighted by Crippen LogP contribution is -2.03. The first-order valence-electron chi connectivity index (χ1n) is 4.45. The van der Waals surface area contributed by atoms with E-state index in [4.69, 9.17) is 10.5 Å². The van der Waals surface area contributed by atoms with Gasteiger partial charge in [-0.1, -0.05) is 5.57 Å². The molecule has 0 radical (unpaired) electrons. The van der Waals surface area contributed by atoms with Crippen molar-refractivity contribution < 1.29 is 5.21 Å². The molecule has 0 atom stereocenters. The molecule has 3 heteroatoms. The highest BCUT2D eigenvalue weighted by Crippen LogP contribution is 2.24. The van der Waals surface area contributed by atoms with Crippen molar-refractivity contribution >= 4 is 0 Å². The predicted molar refractivity (Wildman–Crippen MR) is 49.8 cm³/mol. The van der Waals surface area contributed by atoms with Crippen LogP contribution in [0.5, 0.6) is 0 Å². The van der Waals surface area contributed by atoms with Crippen LogP contribution in [0.1, 0.15) is 25.7 Å². The molecule has 3 nitrogen and oxygen atoms in total. The molecule has 0 heterocycles. The molecule has 1 fully saturated rings. The van der Waals surface area contributed by atoms with E-state index >= 15 is 0 Å². The Morgan fingerprint density at radius 2 is 2.15 bits per heavy atom. The van der Waals surface area contributed by atoms with E-state index in [9.17, 15) is 0 Å². The summed E-state index contributed by atoms with van der Waals surface area (Å²) in [5.74, 6) is 0. The fourth-order valence-electron chi connectivity index (χ4n) is 1.49. The summed E-state index contributed by atoms with van der Waals surface area (Å²) in [5.41, 5.74) is 1.83. The van der Waals surface area contributed by atoms with Crippen LogP contribution in [0.4, 0.5) is 0 Å². The second-order valence-electron chi connectivity index (χ2n) is 3.28. The van der Waals surface area contributed by atoms with Crippen molar-refractivity contribution in [3.63, 3.8) is 0 Å². The molecule has 0 aliphatic heterocycles. The molecule has 0 aromatic carbocycles. The molecule has 1 N–H and O–H groups in total. The molecule has 0 unspecified atom stereocenters. The molecule has 0 spiro atoms. The largest absolute Gasteiger partial charge is 0.289 e. The van der Waals surface area contributed by atoms with Gasteiger partial charge in [0.2, 0.25) is 0 Å². The van der Waals surface area contributed by atoms with Gasteiger partial charge in [0.25, 0.3) is 0 Å². The summed E-state index contributed by atoms with van der Waals surface area (Å²) in [4.78, 5) is 0. The van der Waals surface area contributed by atoms with Crippen molar-refractivity contribution in [2.75, 3.05) is 7.05 Å². The van der Waals surface area contributed by atoms with Crippen LogP contribution in [0.25, 0.3) is 0 Å². The average molecular weight is 178 g/mol. The molecule has 1 aliphatic carbocycles. The quantitative estimate of drug-likeness (QED) is 0.521. The summed E-state index contributed by atoms with van der Waals surface area (Å²) in [6, 6.07) is 2.04. The van der Waals surface area contributed by atoms with Crippen molar-refractivity contribution in [1.82, 2.24) is 5.06 Å². The van der Waals surface area contributed by atoms with Crippen LogP contribution in [0.2, 0.25) is 0 Å². The normalized spacial score (nSPS) is 17.0. The number of hydroxylamine groups is 2. The zero-order valence-corrected chi connectivity index (χ0v) is 7.82. The van der Waals surface area contributed by atoms with Gasteiger partial charge in [0.1, 0.15) is 6.07 Å². The maximum Gasteiger partial charge on any atom is 0.101 e. The summed E-state index contributed by atoms with van der Waals surface area (Å²) in [6.07, 6.45) is 7.92. The molecule has 0 saturated heterocycles. The summed E-state index contributed by atoms with van der Waals surface area (Å²) in [7, 11) is 1.49. The molecule has 0 bridgehead atoms. The van der Waals surface area contributed by atoms with E-state index in [1.54, 1.807) is 0 Å². The third kappa shape index (κ3) is 3.30. The van der Waals surface area contributed by atoms with Crippen LogP contribution in [0.15, 0.2) is 23.4 Å². The van der Waals surface area contributed by atoms with Crippen molar-refractivity contribution in [2.45, 2.75) is 25.7 Å². The van der Waals surface area contributed by atoms with Gasteiger partial charge in [0.15, 0.2) is 0 Å². The molecule has 1 saturated carbocycles. The molecule has 1 rings (SSSR count). The average Bonchev–Trinajstić information content (AvgIpc) is 2.55. The fraction of sp³-hybridized carbons (Fsp3) is 0.500. The van der Waals surface area contributed by atoms with Crippen molar-refractivity contribution in [3.8, 4) is 6.07 Å². The number of hydrogen-bond acceptors (Lipinski definition) is 3. The zero-order chi connectivity index (χ0) is 9.68. The Balaban J connectivity index is 2.69. The number of nitriles is 1. The third-order valence-corrected chi connectivity index (χ3v) is 2.06. The Morgan fingerprint density at radius 1 is 1.54 bits per heavy atom. The molecule has 13 heavy (non-hydrogen) atoms. The Kier molecular flexibility index (Phi) is 3.53. The van der Waals surface area contributed by atoms with Gasteiger partial charge in [0.05, 0.1) is 5.57 Å². The number of rotatable bonds is 2. The minimum Gasteiger partial charge on any atom is -0.289 e. The molecule has 0 amide bonds. The van der Waals surface area contributed by atoms with Crippen molar-refractivity contribution in [1.29, 1.82) is 5.26 Å². The molecular weight excluding hydrogens is 164 g/mol. The third-order valence-electron chi connectivity index (χ3n) is 2.06. The first kappa shape index (κ1) is 9.82. The second kappa shape index (κ2) is 4.68. The predicted octanol–water partition coefficient (Wildman–Crippen LogP) is 2.22. The lowest BCUT2D eigenvalue weighted by molar-refractivity contribution is -0.0133. The Hall–Kier alpha value is -1.27. The maximum absolute atomic E-state index is 8.90. The zero-order valence-electron chi connectivity index (χ0n) is 7.82. The van der Waals surface area contributed by atoms with Crippen molar-refractivity contribution in [2.24, 2.45) is 0 Å². The highest BCUT2D eigenvalue weighted by molar-refractivity contribution is 5.35. The Labute approximate surface area is 78.5 Å². The van der Waals surface area contributed by atoms with Gasteiger partial charge in [-0.25, -0.2) is 0 Å². The molecule has 1 aliphatic rings. The lowest BCUT2D eigenvalue weighted by Gasteiger charge is -2.02. The van der Waals surface area contributed by atoms with Gasteiger partial charge in [-0.05, 0) is 31.8 Å². The summed E-state index contributed by atoms with van der Waals surface area (Å²) < 4.78 is 0. The van der Waals surface area contributed by atoms with Gasteiger partial charge in [-0.3, -0.25) is 10.3 Å². The van der Waals surface area contributed by atoms with Gasteiger partial charge in [-0.2, -0.15) is 5.26 Å². The van der Waals surface area contributed by atoms with E-state index in [2.05, 4.69) is 0 Å². The smallest absolute Gasteiger partial charge is 0.101 e. The number of hydrogen-bond donors (Lipinski definition) is 1.